The van der Waals surface area contributed by atoms with Crippen molar-refractivity contribution in [2.24, 2.45) is 0 Å². The van der Waals surface area contributed by atoms with Gasteiger partial charge in [-0.25, -0.2) is 4.79 Å². The Morgan fingerprint density at radius 3 is 2.38 bits per heavy atom. The van der Waals surface area contributed by atoms with Crippen LogP contribution >= 0.6 is 0 Å². The molecule has 0 aromatic heterocycles. The largest absolute Gasteiger partial charge is 0.497 e. The number of ether oxygens (including phenoxy) is 3. The molecule has 0 bridgehead atoms. The van der Waals surface area contributed by atoms with E-state index >= 15 is 0 Å². The lowest BCUT2D eigenvalue weighted by atomic mass is 9.89. The predicted octanol–water partition coefficient (Wildman–Crippen LogP) is 3.37. The van der Waals surface area contributed by atoms with Gasteiger partial charge in [0.2, 0.25) is 0 Å². The SMILES string of the molecule is COc1ccc(OCC(=O)OCC(=O)N[C@H](C)c2ccc3c(c2)CCCC3)cc1. The number of carbonyl (C=O) groups is 2. The molecule has 154 valence electrons. The summed E-state index contributed by atoms with van der Waals surface area (Å²) in [5.41, 5.74) is 3.84. The van der Waals surface area contributed by atoms with Crippen LogP contribution in [0, 0.1) is 0 Å². The maximum absolute atomic E-state index is 12.1. The molecule has 0 saturated carbocycles. The molecule has 0 heterocycles. The van der Waals surface area contributed by atoms with Gasteiger partial charge in [-0.15, -0.1) is 0 Å². The number of nitrogens with one attached hydrogen (secondary N) is 1. The lowest BCUT2D eigenvalue weighted by molar-refractivity contribution is -0.150. The predicted molar refractivity (Wildman–Crippen MR) is 109 cm³/mol. The smallest absolute Gasteiger partial charge is 0.344 e. The van der Waals surface area contributed by atoms with E-state index in [9.17, 15) is 9.59 Å². The number of fused-ring (bicyclic) bond motifs is 1. The van der Waals surface area contributed by atoms with E-state index in [1.54, 1.807) is 31.4 Å². The fourth-order valence-electron chi connectivity index (χ4n) is 3.39. The molecule has 6 nitrogen and oxygen atoms in total. The topological polar surface area (TPSA) is 73.9 Å². The third kappa shape index (κ3) is 5.98. The maximum Gasteiger partial charge on any atom is 0.344 e. The van der Waals surface area contributed by atoms with Crippen LogP contribution in [0.5, 0.6) is 11.5 Å². The summed E-state index contributed by atoms with van der Waals surface area (Å²) in [5, 5.41) is 2.87. The molecule has 0 spiro atoms. The molecule has 1 amide bonds. The number of aryl methyl sites for hydroxylation is 2. The summed E-state index contributed by atoms with van der Waals surface area (Å²) in [7, 11) is 1.57. The van der Waals surface area contributed by atoms with Crippen LogP contribution in [0.3, 0.4) is 0 Å². The van der Waals surface area contributed by atoms with Crippen molar-refractivity contribution >= 4 is 11.9 Å². The minimum atomic E-state index is -0.600. The molecule has 0 aliphatic heterocycles. The third-order valence-corrected chi connectivity index (χ3v) is 5.03. The van der Waals surface area contributed by atoms with Crippen LogP contribution in [0.2, 0.25) is 0 Å². The second-order valence-electron chi connectivity index (χ2n) is 7.15. The Balaban J connectivity index is 1.41. The van der Waals surface area contributed by atoms with E-state index in [2.05, 4.69) is 23.5 Å². The van der Waals surface area contributed by atoms with E-state index in [1.807, 2.05) is 6.92 Å². The van der Waals surface area contributed by atoms with Gasteiger partial charge in [0.1, 0.15) is 11.5 Å². The second-order valence-corrected chi connectivity index (χ2v) is 7.15. The van der Waals surface area contributed by atoms with Crippen LogP contribution in [-0.2, 0) is 27.2 Å². The molecule has 1 aliphatic carbocycles. The van der Waals surface area contributed by atoms with Crippen LogP contribution < -0.4 is 14.8 Å². The quantitative estimate of drug-likeness (QED) is 0.692. The summed E-state index contributed by atoms with van der Waals surface area (Å²) in [4.78, 5) is 23.9. The zero-order valence-electron chi connectivity index (χ0n) is 16.9. The highest BCUT2D eigenvalue weighted by atomic mass is 16.6. The molecule has 3 rings (SSSR count). The monoisotopic (exact) mass is 397 g/mol. The fraction of sp³-hybridized carbons (Fsp3) is 0.391. The van der Waals surface area contributed by atoms with Gasteiger partial charge >= 0.3 is 5.97 Å². The zero-order valence-corrected chi connectivity index (χ0v) is 16.9. The molecule has 2 aromatic carbocycles. The van der Waals surface area contributed by atoms with Crippen molar-refractivity contribution in [3.63, 3.8) is 0 Å². The lowest BCUT2D eigenvalue weighted by Crippen LogP contribution is -2.32. The number of rotatable bonds is 8. The van der Waals surface area contributed by atoms with Crippen molar-refractivity contribution < 1.29 is 23.8 Å². The first kappa shape index (κ1) is 20.7. The van der Waals surface area contributed by atoms with Crippen molar-refractivity contribution in [2.75, 3.05) is 20.3 Å². The van der Waals surface area contributed by atoms with Crippen molar-refractivity contribution in [1.29, 1.82) is 0 Å². The first-order valence-corrected chi connectivity index (χ1v) is 9.88. The van der Waals surface area contributed by atoms with E-state index in [0.717, 1.165) is 18.4 Å². The summed E-state index contributed by atoms with van der Waals surface area (Å²) in [6.45, 7) is 1.33. The highest BCUT2D eigenvalue weighted by Crippen LogP contribution is 2.24. The van der Waals surface area contributed by atoms with Crippen LogP contribution in [-0.4, -0.2) is 32.2 Å². The Bertz CT molecular complexity index is 847. The average molecular weight is 397 g/mol. The van der Waals surface area contributed by atoms with E-state index in [1.165, 1.54) is 24.0 Å². The summed E-state index contributed by atoms with van der Waals surface area (Å²) >= 11 is 0. The van der Waals surface area contributed by atoms with E-state index in [4.69, 9.17) is 14.2 Å². The van der Waals surface area contributed by atoms with Crippen LogP contribution in [0.25, 0.3) is 0 Å². The number of methoxy groups -OCH3 is 1. The molecule has 1 aliphatic rings. The Kier molecular flexibility index (Phi) is 7.11. The molecule has 6 heteroatoms. The standard InChI is InChI=1S/C23H27NO5/c1-16(18-8-7-17-5-3-4-6-19(17)13-18)24-22(25)14-29-23(26)15-28-21-11-9-20(27-2)10-12-21/h7-13,16H,3-6,14-15H2,1-2H3,(H,24,25)/t16-/m1/s1. The van der Waals surface area contributed by atoms with Crippen molar-refractivity contribution in [1.82, 2.24) is 5.32 Å². The number of amides is 1. The molecule has 0 unspecified atom stereocenters. The van der Waals surface area contributed by atoms with Crippen molar-refractivity contribution in [3.8, 4) is 11.5 Å². The lowest BCUT2D eigenvalue weighted by Gasteiger charge is -2.20. The second kappa shape index (κ2) is 9.96. The van der Waals surface area contributed by atoms with E-state index in [0.29, 0.717) is 11.5 Å². The third-order valence-electron chi connectivity index (χ3n) is 5.03. The molecule has 1 N–H and O–H groups in total. The molecule has 1 atom stereocenters. The minimum absolute atomic E-state index is 0.149. The number of hydrogen-bond acceptors (Lipinski definition) is 5. The average Bonchev–Trinajstić information content (AvgIpc) is 2.76. The molecule has 0 radical (unpaired) electrons. The fourth-order valence-corrected chi connectivity index (χ4v) is 3.39. The van der Waals surface area contributed by atoms with Crippen LogP contribution in [0.1, 0.15) is 42.5 Å². The summed E-state index contributed by atoms with van der Waals surface area (Å²) < 4.78 is 15.4. The van der Waals surface area contributed by atoms with Crippen molar-refractivity contribution in [3.05, 3.63) is 59.2 Å². The Hall–Kier alpha value is -3.02. The molecule has 29 heavy (non-hydrogen) atoms. The number of hydrogen-bond donors (Lipinski definition) is 1. The normalized spacial score (nSPS) is 13.7. The van der Waals surface area contributed by atoms with E-state index < -0.39 is 5.97 Å². The van der Waals surface area contributed by atoms with Gasteiger partial charge in [-0.3, -0.25) is 4.79 Å². The molecular formula is C23H27NO5. The molecule has 0 fully saturated rings. The first-order chi connectivity index (χ1) is 14.0. The van der Waals surface area contributed by atoms with E-state index in [-0.39, 0.29) is 25.2 Å². The summed E-state index contributed by atoms with van der Waals surface area (Å²) in [6.07, 6.45) is 4.68. The van der Waals surface area contributed by atoms with Gasteiger partial charge in [0, 0.05) is 0 Å². The Labute approximate surface area is 171 Å². The number of esters is 1. The zero-order chi connectivity index (χ0) is 20.6. The van der Waals surface area contributed by atoms with Gasteiger partial charge in [0.25, 0.3) is 5.91 Å². The highest BCUT2D eigenvalue weighted by Gasteiger charge is 2.15. The van der Waals surface area contributed by atoms with Crippen molar-refractivity contribution in [2.45, 2.75) is 38.6 Å². The minimum Gasteiger partial charge on any atom is -0.497 e. The highest BCUT2D eigenvalue weighted by molar-refractivity contribution is 5.81. The van der Waals surface area contributed by atoms with Gasteiger partial charge in [-0.1, -0.05) is 18.2 Å². The van der Waals surface area contributed by atoms with Gasteiger partial charge in [-0.2, -0.15) is 0 Å². The van der Waals surface area contributed by atoms with Gasteiger partial charge < -0.3 is 19.5 Å². The maximum atomic E-state index is 12.1. The molecular weight excluding hydrogens is 370 g/mol. The van der Waals surface area contributed by atoms with Gasteiger partial charge in [0.05, 0.1) is 13.2 Å². The Morgan fingerprint density at radius 1 is 0.966 bits per heavy atom. The van der Waals surface area contributed by atoms with Gasteiger partial charge in [-0.05, 0) is 73.6 Å². The van der Waals surface area contributed by atoms with Gasteiger partial charge in [0.15, 0.2) is 13.2 Å². The van der Waals surface area contributed by atoms with Crippen LogP contribution in [0.15, 0.2) is 42.5 Å². The Morgan fingerprint density at radius 2 is 1.66 bits per heavy atom. The number of carbonyl (C=O) groups excluding carboxylic acids is 2. The summed E-state index contributed by atoms with van der Waals surface area (Å²) in [6, 6.07) is 13.1. The number of benzene rings is 2. The summed E-state index contributed by atoms with van der Waals surface area (Å²) in [5.74, 6) is 0.281. The molecule has 0 saturated heterocycles. The first-order valence-electron chi connectivity index (χ1n) is 9.88. The van der Waals surface area contributed by atoms with Crippen LogP contribution in [0.4, 0.5) is 0 Å². The molecule has 2 aromatic rings.